The molecule has 0 aliphatic carbocycles. The normalized spacial score (nSPS) is 11.7. The van der Waals surface area contributed by atoms with Crippen LogP contribution in [0.4, 0.5) is 0 Å². The highest BCUT2D eigenvalue weighted by molar-refractivity contribution is 6.06. The molecule has 3 heteroatoms. The molecule has 0 spiro atoms. The lowest BCUT2D eigenvalue weighted by Crippen LogP contribution is -2.18. The molecule has 0 amide bonds. The lowest BCUT2D eigenvalue weighted by molar-refractivity contribution is -0.154. The summed E-state index contributed by atoms with van der Waals surface area (Å²) in [5.74, 6) is -1.29. The highest BCUT2D eigenvalue weighted by Crippen LogP contribution is 2.18. The minimum atomic E-state index is -0.644. The van der Waals surface area contributed by atoms with Gasteiger partial charge in [0, 0.05) is 24.0 Å². The highest BCUT2D eigenvalue weighted by atomic mass is 16.6. The maximum atomic E-state index is 13.2. The van der Waals surface area contributed by atoms with E-state index in [4.69, 9.17) is 4.74 Å². The number of carbonyl (C=O) groups excluding carboxylic acids is 2. The van der Waals surface area contributed by atoms with Gasteiger partial charge in [-0.15, -0.1) is 0 Å². The predicted octanol–water partition coefficient (Wildman–Crippen LogP) is 6.71. The van der Waals surface area contributed by atoms with E-state index in [9.17, 15) is 9.59 Å². The second-order valence-corrected chi connectivity index (χ2v) is 8.16. The van der Waals surface area contributed by atoms with E-state index in [2.05, 4.69) is 0 Å². The van der Waals surface area contributed by atoms with Crippen LogP contribution in [-0.2, 0) is 27.2 Å². The Hall–Kier alpha value is -4.50. The maximum absolute atomic E-state index is 13.2. The fourth-order valence-electron chi connectivity index (χ4n) is 3.71. The molecule has 0 saturated heterocycles. The van der Waals surface area contributed by atoms with Crippen LogP contribution in [-0.4, -0.2) is 11.9 Å². The van der Waals surface area contributed by atoms with Crippen molar-refractivity contribution in [3.63, 3.8) is 0 Å². The van der Waals surface area contributed by atoms with E-state index in [1.54, 1.807) is 12.2 Å². The summed E-state index contributed by atoms with van der Waals surface area (Å²) in [6.07, 6.45) is 4.28. The Morgan fingerprint density at radius 3 is 1.14 bits per heavy atom. The minimum Gasteiger partial charge on any atom is -0.386 e. The van der Waals surface area contributed by atoms with Crippen LogP contribution in [0.25, 0.3) is 12.2 Å². The Bertz CT molecular complexity index is 1200. The van der Waals surface area contributed by atoms with E-state index in [-0.39, 0.29) is 0 Å². The summed E-state index contributed by atoms with van der Waals surface area (Å²) in [7, 11) is 0. The van der Waals surface area contributed by atoms with Crippen molar-refractivity contribution in [1.82, 2.24) is 0 Å². The van der Waals surface area contributed by atoms with Crippen molar-refractivity contribution in [1.29, 1.82) is 0 Å². The minimum absolute atomic E-state index is 0.359. The number of benzene rings is 4. The standard InChI is InChI=1S/C32H26O3/c33-31(29(21-25-13-5-1-6-14-25)22-26-15-7-2-8-16-26)35-32(34)30(23-27-17-9-3-10-18-27)24-28-19-11-4-12-20-28/h1-21,23H,22,24H2/b29-21+,30-23+. The van der Waals surface area contributed by atoms with Crippen LogP contribution in [0.3, 0.4) is 0 Å². The van der Waals surface area contributed by atoms with E-state index in [1.807, 2.05) is 121 Å². The SMILES string of the molecule is O=C(OC(=O)/C(=C/c1ccccc1)Cc1ccccc1)/C(=C/c1ccccc1)Cc1ccccc1. The third-order valence-corrected chi connectivity index (χ3v) is 5.47. The Labute approximate surface area is 206 Å². The Morgan fingerprint density at radius 2 is 0.800 bits per heavy atom. The first-order valence-corrected chi connectivity index (χ1v) is 11.5. The molecule has 3 nitrogen and oxygen atoms in total. The second-order valence-electron chi connectivity index (χ2n) is 8.16. The smallest absolute Gasteiger partial charge is 0.342 e. The van der Waals surface area contributed by atoms with Gasteiger partial charge in [0.2, 0.25) is 0 Å². The fourth-order valence-corrected chi connectivity index (χ4v) is 3.71. The molecular weight excluding hydrogens is 432 g/mol. The summed E-state index contributed by atoms with van der Waals surface area (Å²) in [5, 5.41) is 0. The molecule has 0 fully saturated rings. The number of hydrogen-bond acceptors (Lipinski definition) is 3. The lowest BCUT2D eigenvalue weighted by atomic mass is 10.0. The zero-order valence-corrected chi connectivity index (χ0v) is 19.3. The summed E-state index contributed by atoms with van der Waals surface area (Å²) in [4.78, 5) is 26.5. The quantitative estimate of drug-likeness (QED) is 0.167. The summed E-state index contributed by atoms with van der Waals surface area (Å²) < 4.78 is 5.45. The molecular formula is C32H26O3. The van der Waals surface area contributed by atoms with Crippen LogP contribution in [0.5, 0.6) is 0 Å². The molecule has 4 aromatic rings. The summed E-state index contributed by atoms with van der Waals surface area (Å²) in [6.45, 7) is 0. The first kappa shape index (κ1) is 23.7. The average Bonchev–Trinajstić information content (AvgIpc) is 2.90. The number of ether oxygens (including phenoxy) is 1. The summed E-state index contributed by atoms with van der Waals surface area (Å²) in [6, 6.07) is 38.4. The van der Waals surface area contributed by atoms with Gasteiger partial charge in [0.25, 0.3) is 0 Å². The van der Waals surface area contributed by atoms with Gasteiger partial charge >= 0.3 is 11.9 Å². The Balaban J connectivity index is 1.60. The van der Waals surface area contributed by atoms with Gasteiger partial charge < -0.3 is 4.74 Å². The van der Waals surface area contributed by atoms with E-state index < -0.39 is 11.9 Å². The highest BCUT2D eigenvalue weighted by Gasteiger charge is 2.20. The molecule has 35 heavy (non-hydrogen) atoms. The zero-order valence-electron chi connectivity index (χ0n) is 19.3. The molecule has 0 bridgehead atoms. The van der Waals surface area contributed by atoms with Crippen molar-refractivity contribution in [2.75, 3.05) is 0 Å². The molecule has 0 unspecified atom stereocenters. The molecule has 4 aromatic carbocycles. The molecule has 0 atom stereocenters. The third kappa shape index (κ3) is 7.24. The van der Waals surface area contributed by atoms with Gasteiger partial charge in [-0.3, -0.25) is 0 Å². The van der Waals surface area contributed by atoms with Crippen LogP contribution in [0.1, 0.15) is 22.3 Å². The molecule has 0 N–H and O–H groups in total. The molecule has 0 aliphatic rings. The van der Waals surface area contributed by atoms with Gasteiger partial charge in [-0.1, -0.05) is 121 Å². The third-order valence-electron chi connectivity index (χ3n) is 5.47. The maximum Gasteiger partial charge on any atom is 0.342 e. The van der Waals surface area contributed by atoms with Crippen LogP contribution in [0.2, 0.25) is 0 Å². The average molecular weight is 459 g/mol. The van der Waals surface area contributed by atoms with Gasteiger partial charge in [-0.05, 0) is 34.4 Å². The van der Waals surface area contributed by atoms with Crippen LogP contribution < -0.4 is 0 Å². The zero-order chi connectivity index (χ0) is 24.3. The molecule has 0 aliphatic heterocycles. The fraction of sp³-hybridized carbons (Fsp3) is 0.0625. The van der Waals surface area contributed by atoms with Crippen LogP contribution >= 0.6 is 0 Å². The van der Waals surface area contributed by atoms with Crippen molar-refractivity contribution < 1.29 is 14.3 Å². The van der Waals surface area contributed by atoms with Crippen molar-refractivity contribution in [2.24, 2.45) is 0 Å². The lowest BCUT2D eigenvalue weighted by Gasteiger charge is -2.11. The number of esters is 2. The van der Waals surface area contributed by atoms with Gasteiger partial charge in [-0.25, -0.2) is 9.59 Å². The van der Waals surface area contributed by atoms with Gasteiger partial charge in [0.15, 0.2) is 0 Å². The van der Waals surface area contributed by atoms with Gasteiger partial charge in [0.05, 0.1) is 0 Å². The first-order valence-electron chi connectivity index (χ1n) is 11.5. The topological polar surface area (TPSA) is 43.4 Å². The molecule has 4 rings (SSSR count). The number of hydrogen-bond donors (Lipinski definition) is 0. The monoisotopic (exact) mass is 458 g/mol. The Kier molecular flexibility index (Phi) is 8.18. The van der Waals surface area contributed by atoms with Crippen molar-refractivity contribution in [2.45, 2.75) is 12.8 Å². The summed E-state index contributed by atoms with van der Waals surface area (Å²) >= 11 is 0. The molecule has 172 valence electrons. The summed E-state index contributed by atoms with van der Waals surface area (Å²) in [5.41, 5.74) is 4.48. The van der Waals surface area contributed by atoms with E-state index in [0.717, 1.165) is 22.3 Å². The molecule has 0 heterocycles. The van der Waals surface area contributed by atoms with E-state index in [1.165, 1.54) is 0 Å². The Morgan fingerprint density at radius 1 is 0.486 bits per heavy atom. The van der Waals surface area contributed by atoms with E-state index in [0.29, 0.717) is 24.0 Å². The first-order chi connectivity index (χ1) is 17.2. The van der Waals surface area contributed by atoms with Crippen molar-refractivity contribution >= 4 is 24.1 Å². The predicted molar refractivity (Wildman–Crippen MR) is 140 cm³/mol. The molecule has 0 radical (unpaired) electrons. The van der Waals surface area contributed by atoms with Gasteiger partial charge in [0.1, 0.15) is 0 Å². The molecule has 0 saturated carbocycles. The van der Waals surface area contributed by atoms with Crippen LogP contribution in [0, 0.1) is 0 Å². The number of carbonyl (C=O) groups is 2. The molecule has 0 aromatic heterocycles. The second kappa shape index (κ2) is 12.1. The van der Waals surface area contributed by atoms with Gasteiger partial charge in [-0.2, -0.15) is 0 Å². The van der Waals surface area contributed by atoms with Crippen LogP contribution in [0.15, 0.2) is 132 Å². The largest absolute Gasteiger partial charge is 0.386 e. The van der Waals surface area contributed by atoms with E-state index >= 15 is 0 Å². The number of rotatable bonds is 8. The van der Waals surface area contributed by atoms with Crippen molar-refractivity contribution in [3.05, 3.63) is 155 Å². The van der Waals surface area contributed by atoms with Crippen molar-refractivity contribution in [3.8, 4) is 0 Å².